The second-order valence-electron chi connectivity index (χ2n) is 4.10. The van der Waals surface area contributed by atoms with Crippen molar-refractivity contribution in [3.8, 4) is 0 Å². The molecular weight excluding hydrogens is 174 g/mol. The van der Waals surface area contributed by atoms with E-state index in [0.717, 1.165) is 5.69 Å². The third kappa shape index (κ3) is 2.30. The van der Waals surface area contributed by atoms with Gasteiger partial charge in [0.05, 0.1) is 11.7 Å². The third-order valence-corrected chi connectivity index (χ3v) is 2.40. The molecule has 1 atom stereocenters. The van der Waals surface area contributed by atoms with E-state index < -0.39 is 0 Å². The quantitative estimate of drug-likeness (QED) is 0.569. The molecule has 0 aromatic carbocycles. The van der Waals surface area contributed by atoms with Crippen LogP contribution in [0.25, 0.3) is 0 Å². The van der Waals surface area contributed by atoms with Crippen molar-refractivity contribution >= 4 is 0 Å². The highest BCUT2D eigenvalue weighted by molar-refractivity contribution is 5.25. The number of hydrazine groups is 1. The van der Waals surface area contributed by atoms with Crippen LogP contribution in [0, 0.1) is 19.8 Å². The van der Waals surface area contributed by atoms with Gasteiger partial charge in [0.2, 0.25) is 0 Å². The standard InChI is InChI=1S/C11H19N3/c1-7(2)10(14-12)11-9(4)5-8(3)6-13-11/h5-7,10,14H,12H2,1-4H3. The zero-order chi connectivity index (χ0) is 10.7. The summed E-state index contributed by atoms with van der Waals surface area (Å²) in [5.74, 6) is 5.96. The van der Waals surface area contributed by atoms with Crippen LogP contribution in [-0.2, 0) is 0 Å². The summed E-state index contributed by atoms with van der Waals surface area (Å²) in [6, 6.07) is 2.27. The number of aryl methyl sites for hydroxylation is 2. The Balaban J connectivity index is 3.04. The molecule has 0 saturated heterocycles. The van der Waals surface area contributed by atoms with Gasteiger partial charge in [0.25, 0.3) is 0 Å². The Morgan fingerprint density at radius 2 is 2.00 bits per heavy atom. The van der Waals surface area contributed by atoms with Gasteiger partial charge in [-0.2, -0.15) is 0 Å². The topological polar surface area (TPSA) is 50.9 Å². The number of aromatic nitrogens is 1. The maximum absolute atomic E-state index is 5.52. The zero-order valence-electron chi connectivity index (χ0n) is 9.33. The summed E-state index contributed by atoms with van der Waals surface area (Å²) in [4.78, 5) is 4.43. The summed E-state index contributed by atoms with van der Waals surface area (Å²) in [6.07, 6.45) is 1.88. The molecule has 78 valence electrons. The van der Waals surface area contributed by atoms with Gasteiger partial charge in [0.15, 0.2) is 0 Å². The SMILES string of the molecule is Cc1cnc(C(NN)C(C)C)c(C)c1. The average molecular weight is 193 g/mol. The van der Waals surface area contributed by atoms with Crippen LogP contribution in [0.2, 0.25) is 0 Å². The third-order valence-electron chi connectivity index (χ3n) is 2.40. The normalized spacial score (nSPS) is 13.3. The van der Waals surface area contributed by atoms with Crippen molar-refractivity contribution in [3.05, 3.63) is 29.1 Å². The van der Waals surface area contributed by atoms with Gasteiger partial charge in [0, 0.05) is 6.20 Å². The lowest BCUT2D eigenvalue weighted by Crippen LogP contribution is -2.32. The molecule has 3 heteroatoms. The fourth-order valence-corrected chi connectivity index (χ4v) is 1.64. The second-order valence-corrected chi connectivity index (χ2v) is 4.10. The Morgan fingerprint density at radius 3 is 2.43 bits per heavy atom. The second kappa shape index (κ2) is 4.53. The van der Waals surface area contributed by atoms with E-state index in [9.17, 15) is 0 Å². The van der Waals surface area contributed by atoms with Crippen molar-refractivity contribution in [2.75, 3.05) is 0 Å². The predicted octanol–water partition coefficient (Wildman–Crippen LogP) is 1.86. The molecule has 0 fully saturated rings. The fourth-order valence-electron chi connectivity index (χ4n) is 1.64. The lowest BCUT2D eigenvalue weighted by molar-refractivity contribution is 0.410. The first-order chi connectivity index (χ1) is 6.56. The van der Waals surface area contributed by atoms with Gasteiger partial charge in [0.1, 0.15) is 0 Å². The van der Waals surface area contributed by atoms with Gasteiger partial charge >= 0.3 is 0 Å². The molecular formula is C11H19N3. The van der Waals surface area contributed by atoms with Gasteiger partial charge < -0.3 is 0 Å². The number of rotatable bonds is 3. The largest absolute Gasteiger partial charge is 0.271 e. The molecule has 0 amide bonds. The first kappa shape index (κ1) is 11.1. The van der Waals surface area contributed by atoms with E-state index in [0.29, 0.717) is 5.92 Å². The van der Waals surface area contributed by atoms with Gasteiger partial charge in [-0.15, -0.1) is 0 Å². The van der Waals surface area contributed by atoms with E-state index in [2.05, 4.69) is 37.2 Å². The monoisotopic (exact) mass is 193 g/mol. The Hall–Kier alpha value is -0.930. The minimum Gasteiger partial charge on any atom is -0.271 e. The maximum Gasteiger partial charge on any atom is 0.0657 e. The highest BCUT2D eigenvalue weighted by atomic mass is 15.2. The van der Waals surface area contributed by atoms with E-state index >= 15 is 0 Å². The molecule has 0 aliphatic carbocycles. The molecule has 0 saturated carbocycles. The van der Waals surface area contributed by atoms with Crippen LogP contribution in [0.1, 0.15) is 36.7 Å². The summed E-state index contributed by atoms with van der Waals surface area (Å²) in [6.45, 7) is 8.38. The van der Waals surface area contributed by atoms with E-state index in [4.69, 9.17) is 5.84 Å². The van der Waals surface area contributed by atoms with Crippen LogP contribution in [0.15, 0.2) is 12.3 Å². The fraction of sp³-hybridized carbons (Fsp3) is 0.545. The molecule has 3 nitrogen and oxygen atoms in total. The maximum atomic E-state index is 5.52. The lowest BCUT2D eigenvalue weighted by Gasteiger charge is -2.21. The highest BCUT2D eigenvalue weighted by Crippen LogP contribution is 2.22. The van der Waals surface area contributed by atoms with Gasteiger partial charge in [-0.05, 0) is 30.9 Å². The van der Waals surface area contributed by atoms with E-state index in [1.807, 2.05) is 13.1 Å². The van der Waals surface area contributed by atoms with Crippen molar-refractivity contribution in [3.63, 3.8) is 0 Å². The molecule has 1 rings (SSSR count). The summed E-state index contributed by atoms with van der Waals surface area (Å²) in [7, 11) is 0. The number of nitrogens with zero attached hydrogens (tertiary/aromatic N) is 1. The van der Waals surface area contributed by atoms with E-state index in [1.165, 1.54) is 11.1 Å². The smallest absolute Gasteiger partial charge is 0.0657 e. The lowest BCUT2D eigenvalue weighted by atomic mass is 9.97. The summed E-state index contributed by atoms with van der Waals surface area (Å²) in [5, 5.41) is 0. The van der Waals surface area contributed by atoms with E-state index in [-0.39, 0.29) is 6.04 Å². The number of nitrogens with two attached hydrogens (primary N) is 1. The minimum atomic E-state index is 0.135. The molecule has 1 aromatic heterocycles. The molecule has 0 aliphatic heterocycles. The number of hydrogen-bond acceptors (Lipinski definition) is 3. The van der Waals surface area contributed by atoms with Gasteiger partial charge in [-0.3, -0.25) is 16.3 Å². The Bertz CT molecular complexity index is 307. The number of pyridine rings is 1. The molecule has 3 N–H and O–H groups in total. The number of hydrogen-bond donors (Lipinski definition) is 2. The first-order valence-electron chi connectivity index (χ1n) is 4.95. The van der Waals surface area contributed by atoms with Crippen molar-refractivity contribution < 1.29 is 0 Å². The molecule has 0 bridgehead atoms. The average Bonchev–Trinajstić information content (AvgIpc) is 2.09. The van der Waals surface area contributed by atoms with Crippen LogP contribution >= 0.6 is 0 Å². The molecule has 0 aliphatic rings. The number of nitrogens with one attached hydrogen (secondary N) is 1. The van der Waals surface area contributed by atoms with Crippen LogP contribution < -0.4 is 11.3 Å². The minimum absolute atomic E-state index is 0.135. The first-order valence-corrected chi connectivity index (χ1v) is 4.95. The predicted molar refractivity (Wildman–Crippen MR) is 58.6 cm³/mol. The Kier molecular flexibility index (Phi) is 3.61. The van der Waals surface area contributed by atoms with Crippen LogP contribution in [0.5, 0.6) is 0 Å². The molecule has 1 unspecified atom stereocenters. The van der Waals surface area contributed by atoms with Crippen molar-refractivity contribution in [2.24, 2.45) is 11.8 Å². The van der Waals surface area contributed by atoms with Crippen molar-refractivity contribution in [1.82, 2.24) is 10.4 Å². The molecule has 1 aromatic rings. The Labute approximate surface area is 85.7 Å². The molecule has 1 heterocycles. The van der Waals surface area contributed by atoms with Gasteiger partial charge in [-0.25, -0.2) is 0 Å². The van der Waals surface area contributed by atoms with E-state index in [1.54, 1.807) is 0 Å². The van der Waals surface area contributed by atoms with Crippen LogP contribution in [0.3, 0.4) is 0 Å². The van der Waals surface area contributed by atoms with Crippen molar-refractivity contribution in [1.29, 1.82) is 0 Å². The highest BCUT2D eigenvalue weighted by Gasteiger charge is 2.17. The van der Waals surface area contributed by atoms with Crippen LogP contribution in [0.4, 0.5) is 0 Å². The molecule has 0 radical (unpaired) electrons. The summed E-state index contributed by atoms with van der Waals surface area (Å²) < 4.78 is 0. The summed E-state index contributed by atoms with van der Waals surface area (Å²) in [5.41, 5.74) is 6.25. The molecule has 14 heavy (non-hydrogen) atoms. The Morgan fingerprint density at radius 1 is 1.36 bits per heavy atom. The van der Waals surface area contributed by atoms with Crippen molar-refractivity contribution in [2.45, 2.75) is 33.7 Å². The van der Waals surface area contributed by atoms with Crippen LogP contribution in [-0.4, -0.2) is 4.98 Å². The summed E-state index contributed by atoms with van der Waals surface area (Å²) >= 11 is 0. The van der Waals surface area contributed by atoms with Gasteiger partial charge in [-0.1, -0.05) is 19.9 Å². The zero-order valence-corrected chi connectivity index (χ0v) is 9.33. The molecule has 0 spiro atoms.